The van der Waals surface area contributed by atoms with Gasteiger partial charge in [-0.1, -0.05) is 20.8 Å². The SMILES string of the molecule is CC(C)(C)CCC(=O)NCCCC#N. The van der Waals surface area contributed by atoms with E-state index in [-0.39, 0.29) is 11.3 Å². The van der Waals surface area contributed by atoms with Gasteiger partial charge < -0.3 is 5.32 Å². The molecule has 0 saturated heterocycles. The Bertz CT molecular complexity index is 210. The summed E-state index contributed by atoms with van der Waals surface area (Å²) in [6.07, 6.45) is 2.74. The van der Waals surface area contributed by atoms with Crippen molar-refractivity contribution in [3.05, 3.63) is 0 Å². The zero-order chi connectivity index (χ0) is 11.0. The van der Waals surface area contributed by atoms with Gasteiger partial charge >= 0.3 is 0 Å². The van der Waals surface area contributed by atoms with E-state index in [0.29, 0.717) is 19.4 Å². The van der Waals surface area contributed by atoms with E-state index in [9.17, 15) is 4.79 Å². The van der Waals surface area contributed by atoms with Crippen LogP contribution in [-0.4, -0.2) is 12.5 Å². The number of hydrogen-bond donors (Lipinski definition) is 1. The van der Waals surface area contributed by atoms with E-state index in [4.69, 9.17) is 5.26 Å². The van der Waals surface area contributed by atoms with Crippen LogP contribution >= 0.6 is 0 Å². The number of rotatable bonds is 5. The van der Waals surface area contributed by atoms with Crippen LogP contribution in [0.2, 0.25) is 0 Å². The third kappa shape index (κ3) is 9.05. The molecule has 0 saturated carbocycles. The Morgan fingerprint density at radius 1 is 1.43 bits per heavy atom. The highest BCUT2D eigenvalue weighted by Gasteiger charge is 2.12. The summed E-state index contributed by atoms with van der Waals surface area (Å²) >= 11 is 0. The molecule has 0 aromatic heterocycles. The Kier molecular flexibility index (Phi) is 5.94. The minimum absolute atomic E-state index is 0.0952. The van der Waals surface area contributed by atoms with Gasteiger partial charge in [-0.05, 0) is 18.3 Å². The van der Waals surface area contributed by atoms with Gasteiger partial charge in [0.25, 0.3) is 0 Å². The highest BCUT2D eigenvalue weighted by atomic mass is 16.1. The third-order valence-corrected chi connectivity index (χ3v) is 1.89. The first kappa shape index (κ1) is 13.0. The van der Waals surface area contributed by atoms with Gasteiger partial charge in [0, 0.05) is 19.4 Å². The molecule has 0 bridgehead atoms. The Hall–Kier alpha value is -1.04. The van der Waals surface area contributed by atoms with Crippen LogP contribution in [0.1, 0.15) is 46.5 Å². The molecule has 0 aliphatic carbocycles. The second kappa shape index (κ2) is 6.42. The monoisotopic (exact) mass is 196 g/mol. The lowest BCUT2D eigenvalue weighted by molar-refractivity contribution is -0.121. The topological polar surface area (TPSA) is 52.9 Å². The number of unbranched alkanes of at least 4 members (excludes halogenated alkanes) is 1. The molecule has 0 aromatic carbocycles. The molecular weight excluding hydrogens is 176 g/mol. The Labute approximate surface area is 86.5 Å². The van der Waals surface area contributed by atoms with Crippen LogP contribution in [0.5, 0.6) is 0 Å². The first-order valence-electron chi connectivity index (χ1n) is 5.09. The Morgan fingerprint density at radius 2 is 2.07 bits per heavy atom. The minimum atomic E-state index is 0.0952. The Balaban J connectivity index is 3.43. The highest BCUT2D eigenvalue weighted by molar-refractivity contribution is 5.75. The van der Waals surface area contributed by atoms with Gasteiger partial charge in [-0.25, -0.2) is 0 Å². The van der Waals surface area contributed by atoms with E-state index >= 15 is 0 Å². The molecule has 3 heteroatoms. The van der Waals surface area contributed by atoms with E-state index in [1.54, 1.807) is 0 Å². The highest BCUT2D eigenvalue weighted by Crippen LogP contribution is 2.20. The molecule has 0 atom stereocenters. The lowest BCUT2D eigenvalue weighted by Crippen LogP contribution is -2.25. The fourth-order valence-corrected chi connectivity index (χ4v) is 0.972. The number of nitriles is 1. The van der Waals surface area contributed by atoms with E-state index in [1.807, 2.05) is 6.07 Å². The third-order valence-electron chi connectivity index (χ3n) is 1.89. The van der Waals surface area contributed by atoms with Crippen molar-refractivity contribution in [3.63, 3.8) is 0 Å². The fourth-order valence-electron chi connectivity index (χ4n) is 0.972. The van der Waals surface area contributed by atoms with Crippen LogP contribution in [0.4, 0.5) is 0 Å². The van der Waals surface area contributed by atoms with Crippen LogP contribution in [0.3, 0.4) is 0 Å². The van der Waals surface area contributed by atoms with Gasteiger partial charge in [-0.15, -0.1) is 0 Å². The van der Waals surface area contributed by atoms with E-state index in [0.717, 1.165) is 12.8 Å². The second-order valence-electron chi connectivity index (χ2n) is 4.67. The summed E-state index contributed by atoms with van der Waals surface area (Å²) in [5.74, 6) is 0.0952. The number of hydrogen-bond acceptors (Lipinski definition) is 2. The zero-order valence-electron chi connectivity index (χ0n) is 9.39. The molecule has 0 heterocycles. The van der Waals surface area contributed by atoms with Crippen LogP contribution in [-0.2, 0) is 4.79 Å². The first-order chi connectivity index (χ1) is 6.45. The lowest BCUT2D eigenvalue weighted by Gasteiger charge is -2.17. The molecule has 0 fully saturated rings. The molecule has 0 unspecified atom stereocenters. The quantitative estimate of drug-likeness (QED) is 0.685. The summed E-state index contributed by atoms with van der Waals surface area (Å²) in [6.45, 7) is 6.98. The molecule has 14 heavy (non-hydrogen) atoms. The van der Waals surface area contributed by atoms with Crippen LogP contribution in [0.15, 0.2) is 0 Å². The average molecular weight is 196 g/mol. The maximum Gasteiger partial charge on any atom is 0.220 e. The molecule has 1 N–H and O–H groups in total. The van der Waals surface area contributed by atoms with Crippen molar-refractivity contribution >= 4 is 5.91 Å². The predicted octanol–water partition coefficient (Wildman–Crippen LogP) is 2.23. The molecule has 0 spiro atoms. The zero-order valence-corrected chi connectivity index (χ0v) is 9.39. The van der Waals surface area contributed by atoms with E-state index < -0.39 is 0 Å². The fraction of sp³-hybridized carbons (Fsp3) is 0.818. The van der Waals surface area contributed by atoms with Gasteiger partial charge in [0.2, 0.25) is 5.91 Å². The number of nitrogens with zero attached hydrogens (tertiary/aromatic N) is 1. The molecule has 80 valence electrons. The first-order valence-corrected chi connectivity index (χ1v) is 5.09. The van der Waals surface area contributed by atoms with Crippen LogP contribution in [0, 0.1) is 16.7 Å². The normalized spacial score (nSPS) is 10.7. The molecule has 0 aliphatic heterocycles. The van der Waals surface area contributed by atoms with Gasteiger partial charge in [0.15, 0.2) is 0 Å². The largest absolute Gasteiger partial charge is 0.356 e. The second-order valence-corrected chi connectivity index (χ2v) is 4.67. The maximum atomic E-state index is 11.3. The van der Waals surface area contributed by atoms with Gasteiger partial charge in [0.05, 0.1) is 6.07 Å². The Morgan fingerprint density at radius 3 is 2.57 bits per heavy atom. The molecule has 0 rings (SSSR count). The number of carbonyl (C=O) groups excluding carboxylic acids is 1. The smallest absolute Gasteiger partial charge is 0.220 e. The van der Waals surface area contributed by atoms with E-state index in [2.05, 4.69) is 26.1 Å². The summed E-state index contributed by atoms with van der Waals surface area (Å²) in [7, 11) is 0. The maximum absolute atomic E-state index is 11.3. The van der Waals surface area contributed by atoms with Gasteiger partial charge in [-0.2, -0.15) is 5.26 Å². The molecule has 1 amide bonds. The van der Waals surface area contributed by atoms with Gasteiger partial charge in [-0.3, -0.25) is 4.79 Å². The summed E-state index contributed by atoms with van der Waals surface area (Å²) < 4.78 is 0. The number of amides is 1. The summed E-state index contributed by atoms with van der Waals surface area (Å²) in [5, 5.41) is 11.1. The average Bonchev–Trinajstić information content (AvgIpc) is 2.08. The minimum Gasteiger partial charge on any atom is -0.356 e. The summed E-state index contributed by atoms with van der Waals surface area (Å²) in [4.78, 5) is 11.3. The van der Waals surface area contributed by atoms with Crippen molar-refractivity contribution in [2.45, 2.75) is 46.5 Å². The standard InChI is InChI=1S/C11H20N2O/c1-11(2,3)7-6-10(14)13-9-5-4-8-12/h4-7,9H2,1-3H3,(H,13,14). The molecule has 3 nitrogen and oxygen atoms in total. The van der Waals surface area contributed by atoms with Gasteiger partial charge in [0.1, 0.15) is 0 Å². The molecule has 0 aliphatic rings. The molecule has 0 aromatic rings. The van der Waals surface area contributed by atoms with Crippen molar-refractivity contribution in [3.8, 4) is 6.07 Å². The summed E-state index contributed by atoms with van der Waals surface area (Å²) in [6, 6.07) is 2.05. The summed E-state index contributed by atoms with van der Waals surface area (Å²) in [5.41, 5.74) is 0.212. The van der Waals surface area contributed by atoms with Crippen LogP contribution in [0.25, 0.3) is 0 Å². The van der Waals surface area contributed by atoms with Crippen molar-refractivity contribution < 1.29 is 4.79 Å². The lowest BCUT2D eigenvalue weighted by atomic mass is 9.90. The van der Waals surface area contributed by atoms with Crippen LogP contribution < -0.4 is 5.32 Å². The molecular formula is C11H20N2O. The van der Waals surface area contributed by atoms with Crippen molar-refractivity contribution in [1.82, 2.24) is 5.32 Å². The van der Waals surface area contributed by atoms with Crippen molar-refractivity contribution in [2.75, 3.05) is 6.54 Å². The van der Waals surface area contributed by atoms with Crippen molar-refractivity contribution in [2.24, 2.45) is 5.41 Å². The van der Waals surface area contributed by atoms with Crippen molar-refractivity contribution in [1.29, 1.82) is 5.26 Å². The molecule has 0 radical (unpaired) electrons. The number of carbonyl (C=O) groups is 1. The predicted molar refractivity (Wildman–Crippen MR) is 56.5 cm³/mol. The van der Waals surface area contributed by atoms with E-state index in [1.165, 1.54) is 0 Å². The number of nitrogens with one attached hydrogen (secondary N) is 1.